The Morgan fingerprint density at radius 1 is 1.13 bits per heavy atom. The number of alkyl halides is 3. The van der Waals surface area contributed by atoms with E-state index in [1.807, 2.05) is 0 Å². The fraction of sp³-hybridized carbons (Fsp3) is 0.158. The number of aromatic nitrogens is 5. The van der Waals surface area contributed by atoms with E-state index in [-0.39, 0.29) is 39.2 Å². The van der Waals surface area contributed by atoms with Gasteiger partial charge in [0, 0.05) is 31.1 Å². The van der Waals surface area contributed by atoms with Crippen molar-refractivity contribution in [2.75, 3.05) is 0 Å². The van der Waals surface area contributed by atoms with Gasteiger partial charge in [0.2, 0.25) is 5.88 Å². The molecule has 160 valence electrons. The normalized spacial score (nSPS) is 12.8. The number of hydrogen-bond acceptors (Lipinski definition) is 6. The highest BCUT2D eigenvalue weighted by atomic mass is 32.2. The van der Waals surface area contributed by atoms with E-state index in [0.717, 1.165) is 11.8 Å². The Hall–Kier alpha value is -3.38. The Morgan fingerprint density at radius 3 is 2.58 bits per heavy atom. The molecule has 0 fully saturated rings. The van der Waals surface area contributed by atoms with Crippen molar-refractivity contribution < 1.29 is 26.7 Å². The lowest BCUT2D eigenvalue weighted by atomic mass is 10.2. The molecule has 0 saturated heterocycles. The zero-order chi connectivity index (χ0) is 22.3. The van der Waals surface area contributed by atoms with E-state index in [1.165, 1.54) is 23.9 Å². The number of ether oxygens (including phenoxy) is 1. The van der Waals surface area contributed by atoms with Crippen molar-refractivity contribution in [2.45, 2.75) is 18.0 Å². The van der Waals surface area contributed by atoms with Gasteiger partial charge in [-0.3, -0.25) is 0 Å². The molecule has 1 atom stereocenters. The average molecular weight is 449 g/mol. The molecule has 0 aliphatic heterocycles. The summed E-state index contributed by atoms with van der Waals surface area (Å²) < 4.78 is 67.7. The summed E-state index contributed by atoms with van der Waals surface area (Å²) in [5, 5.41) is 0. The molecule has 4 heterocycles. The van der Waals surface area contributed by atoms with Gasteiger partial charge in [0.05, 0.1) is 16.7 Å². The molecule has 4 rings (SSSR count). The van der Waals surface area contributed by atoms with Gasteiger partial charge in [-0.1, -0.05) is 6.07 Å². The second-order valence-corrected chi connectivity index (χ2v) is 7.48. The monoisotopic (exact) mass is 449 g/mol. The highest BCUT2D eigenvalue weighted by molar-refractivity contribution is 7.79. The number of aryl methyl sites for hydroxylation is 2. The molecule has 0 aliphatic rings. The first-order chi connectivity index (χ1) is 14.6. The zero-order valence-corrected chi connectivity index (χ0v) is 16.9. The topological polar surface area (TPSA) is 103 Å². The molecule has 0 amide bonds. The van der Waals surface area contributed by atoms with Crippen LogP contribution in [0.4, 0.5) is 13.2 Å². The van der Waals surface area contributed by atoms with E-state index in [9.17, 15) is 21.9 Å². The first-order valence-electron chi connectivity index (χ1n) is 8.76. The van der Waals surface area contributed by atoms with E-state index in [1.54, 1.807) is 25.1 Å². The van der Waals surface area contributed by atoms with Crippen molar-refractivity contribution in [1.82, 2.24) is 24.5 Å². The third-order valence-corrected chi connectivity index (χ3v) is 5.04. The minimum atomic E-state index is -4.57. The van der Waals surface area contributed by atoms with Crippen molar-refractivity contribution in [3.8, 4) is 23.1 Å². The van der Waals surface area contributed by atoms with Gasteiger partial charge >= 0.3 is 6.18 Å². The number of nitrogens with zero attached hydrogens (tertiary/aromatic N) is 5. The lowest BCUT2D eigenvalue weighted by Gasteiger charge is -2.09. The molecule has 1 unspecified atom stereocenters. The van der Waals surface area contributed by atoms with Crippen LogP contribution in [-0.2, 0) is 24.3 Å². The molecule has 8 nitrogen and oxygen atoms in total. The van der Waals surface area contributed by atoms with Crippen molar-refractivity contribution in [2.24, 2.45) is 7.05 Å². The summed E-state index contributed by atoms with van der Waals surface area (Å²) in [7, 11) is 1.53. The van der Waals surface area contributed by atoms with Crippen LogP contribution in [0.5, 0.6) is 11.6 Å². The molecule has 12 heteroatoms. The number of halogens is 3. The number of fused-ring (bicyclic) bond motifs is 1. The Balaban J connectivity index is 1.79. The second-order valence-electron chi connectivity index (χ2n) is 6.55. The molecule has 0 bridgehead atoms. The molecular formula is C19H14F3N5O3S. The van der Waals surface area contributed by atoms with Gasteiger partial charge in [0.15, 0.2) is 22.6 Å². The summed E-state index contributed by atoms with van der Waals surface area (Å²) in [6.07, 6.45) is -2.56. The SMILES string of the molecule is Cc1cccc(Oc2cnc(-c3nc4cc(C(F)(F)F)cnc4n3C)c(S(=O)O)c2)n1. The van der Waals surface area contributed by atoms with E-state index in [4.69, 9.17) is 4.74 Å². The van der Waals surface area contributed by atoms with Gasteiger partial charge in [-0.2, -0.15) is 13.2 Å². The highest BCUT2D eigenvalue weighted by Crippen LogP contribution is 2.33. The lowest BCUT2D eigenvalue weighted by molar-refractivity contribution is -0.137. The van der Waals surface area contributed by atoms with Crippen LogP contribution in [0, 0.1) is 6.92 Å². The summed E-state index contributed by atoms with van der Waals surface area (Å²) in [5.74, 6) is 0.519. The van der Waals surface area contributed by atoms with Gasteiger partial charge < -0.3 is 13.9 Å². The van der Waals surface area contributed by atoms with Gasteiger partial charge in [-0.05, 0) is 19.1 Å². The molecule has 0 radical (unpaired) electrons. The molecule has 0 aromatic carbocycles. The number of hydrogen-bond donors (Lipinski definition) is 1. The van der Waals surface area contributed by atoms with E-state index in [2.05, 4.69) is 19.9 Å². The van der Waals surface area contributed by atoms with Crippen LogP contribution < -0.4 is 4.74 Å². The predicted octanol–water partition coefficient (Wildman–Crippen LogP) is 4.13. The van der Waals surface area contributed by atoms with E-state index < -0.39 is 22.8 Å². The van der Waals surface area contributed by atoms with Crippen LogP contribution in [0.3, 0.4) is 0 Å². The minimum Gasteiger partial charge on any atom is -0.437 e. The summed E-state index contributed by atoms with van der Waals surface area (Å²) in [6.45, 7) is 1.78. The average Bonchev–Trinajstić information content (AvgIpc) is 3.03. The maximum Gasteiger partial charge on any atom is 0.417 e. The van der Waals surface area contributed by atoms with Crippen molar-refractivity contribution in [3.05, 3.63) is 54.0 Å². The van der Waals surface area contributed by atoms with Crippen molar-refractivity contribution in [3.63, 3.8) is 0 Å². The van der Waals surface area contributed by atoms with Crippen LogP contribution in [-0.4, -0.2) is 33.3 Å². The Labute approximate surface area is 176 Å². The quantitative estimate of drug-likeness (QED) is 0.468. The third kappa shape index (κ3) is 4.11. The third-order valence-electron chi connectivity index (χ3n) is 4.35. The summed E-state index contributed by atoms with van der Waals surface area (Å²) in [4.78, 5) is 16.2. The molecule has 0 spiro atoms. The fourth-order valence-corrected chi connectivity index (χ4v) is 3.45. The minimum absolute atomic E-state index is 0.0134. The molecule has 1 N–H and O–H groups in total. The van der Waals surface area contributed by atoms with Gasteiger partial charge in [0.1, 0.15) is 17.0 Å². The van der Waals surface area contributed by atoms with Crippen LogP contribution in [0.25, 0.3) is 22.7 Å². The molecule has 0 saturated carbocycles. The Morgan fingerprint density at radius 2 is 1.90 bits per heavy atom. The Bertz CT molecular complexity index is 1320. The van der Waals surface area contributed by atoms with E-state index >= 15 is 0 Å². The molecular weight excluding hydrogens is 435 g/mol. The summed E-state index contributed by atoms with van der Waals surface area (Å²) in [5.41, 5.74) is -0.0623. The van der Waals surface area contributed by atoms with Gasteiger partial charge in [-0.15, -0.1) is 0 Å². The molecule has 4 aromatic heterocycles. The molecule has 4 aromatic rings. The standard InChI is InChI=1S/C19H14F3N5O3S/c1-10-4-3-5-15(25-10)30-12-7-14(31(28)29)16(23-9-12)18-26-13-6-11(19(20,21)22)8-24-17(13)27(18)2/h3-9H,1-2H3,(H,28,29). The van der Waals surface area contributed by atoms with Crippen LogP contribution in [0.15, 0.2) is 47.6 Å². The highest BCUT2D eigenvalue weighted by Gasteiger charge is 2.32. The number of rotatable bonds is 4. The van der Waals surface area contributed by atoms with Gasteiger partial charge in [0.25, 0.3) is 0 Å². The predicted molar refractivity (Wildman–Crippen MR) is 105 cm³/mol. The van der Waals surface area contributed by atoms with Crippen LogP contribution in [0.1, 0.15) is 11.3 Å². The smallest absolute Gasteiger partial charge is 0.417 e. The fourth-order valence-electron chi connectivity index (χ4n) is 2.92. The van der Waals surface area contributed by atoms with Gasteiger partial charge in [-0.25, -0.2) is 24.1 Å². The molecule has 0 aliphatic carbocycles. The first-order valence-corrected chi connectivity index (χ1v) is 9.86. The largest absolute Gasteiger partial charge is 0.437 e. The van der Waals surface area contributed by atoms with Crippen LogP contribution in [0.2, 0.25) is 0 Å². The summed E-state index contributed by atoms with van der Waals surface area (Å²) in [6, 6.07) is 7.31. The maximum absolute atomic E-state index is 13.0. The second kappa shape index (κ2) is 7.71. The maximum atomic E-state index is 13.0. The van der Waals surface area contributed by atoms with Crippen LogP contribution >= 0.6 is 0 Å². The molecule has 31 heavy (non-hydrogen) atoms. The van der Waals surface area contributed by atoms with E-state index in [0.29, 0.717) is 6.20 Å². The zero-order valence-electron chi connectivity index (χ0n) is 16.1. The number of imidazole rings is 1. The van der Waals surface area contributed by atoms with Crippen molar-refractivity contribution in [1.29, 1.82) is 0 Å². The Kier molecular flexibility index (Phi) is 5.19. The van der Waals surface area contributed by atoms with Crippen molar-refractivity contribution >= 4 is 22.2 Å². The number of pyridine rings is 3. The first kappa shape index (κ1) is 20.9. The summed E-state index contributed by atoms with van der Waals surface area (Å²) >= 11 is -2.48. The lowest BCUT2D eigenvalue weighted by Crippen LogP contribution is -2.05.